The summed E-state index contributed by atoms with van der Waals surface area (Å²) >= 11 is 0. The van der Waals surface area contributed by atoms with Crippen molar-refractivity contribution in [2.75, 3.05) is 100 Å². The standard InChI is InChI=1S/C26H32N4O3.C24H28N4O4.C24H27N3O4.C18H17N3O5/c1-5-31-23-13-11-19(16-24(23)32-6-2)26-28-25(29-33-26)18-10-12-22-21(15-18)20(17-27-22)9-7-8-14-30(3)4;1-4-30-21-9-7-17(13-22(21)31-5-2)24-26-23(27-32-24)16-6-8-20-19(12-16)18(14-25-20)15-28(3)10-11-29;1-3-29-21-11-9-17(14-22(21)30-4-2)24-26-23(27-31-24)16-8-10-20-19(13-16)18(15-25-20)7-5-6-12-28;1-3-24-14-6-5-12(10-15(14)25-4-2)17-20-16(21-26-17)11-7-8-19-13(9-11)18(22)23/h10-13,15-17,27H,5-9,14H2,1-4H3;6-9,12-14,25,29H,4-5,10-11,15H2,1-3H3;8-11,13-15,25,28H,3-7,12H2,1-2H3;5-10H,3-4H2,1-2H3,(H,22,23). The molecule has 0 radical (unpaired) electrons. The van der Waals surface area contributed by atoms with Crippen molar-refractivity contribution in [3.63, 3.8) is 0 Å². The molecule has 638 valence electrons. The fourth-order valence-corrected chi connectivity index (χ4v) is 13.5. The van der Waals surface area contributed by atoms with Crippen LogP contribution in [-0.2, 0) is 19.4 Å². The molecule has 8 heterocycles. The summed E-state index contributed by atoms with van der Waals surface area (Å²) in [5.74, 6) is 7.65. The van der Waals surface area contributed by atoms with Crippen LogP contribution in [-0.4, -0.2) is 192 Å². The van der Waals surface area contributed by atoms with Gasteiger partial charge < -0.3 is 91.2 Å². The number of nitrogens with one attached hydrogen (secondary N) is 3. The number of hydrogen-bond acceptors (Lipinski definition) is 26. The monoisotopic (exact) mass is 1660 g/mol. The third-order valence-electron chi connectivity index (χ3n) is 19.3. The van der Waals surface area contributed by atoms with Crippen LogP contribution in [0, 0.1) is 0 Å². The van der Waals surface area contributed by atoms with Crippen LogP contribution in [0.3, 0.4) is 0 Å². The molecule has 122 heavy (non-hydrogen) atoms. The van der Waals surface area contributed by atoms with E-state index in [0.29, 0.717) is 152 Å². The molecule has 0 spiro atoms. The number of benzene rings is 7. The van der Waals surface area contributed by atoms with Gasteiger partial charge in [-0.1, -0.05) is 20.6 Å². The third-order valence-corrected chi connectivity index (χ3v) is 19.3. The van der Waals surface area contributed by atoms with E-state index in [1.807, 2.05) is 160 Å². The number of rotatable bonds is 38. The van der Waals surface area contributed by atoms with Gasteiger partial charge in [0, 0.05) is 122 Å². The Kier molecular flexibility index (Phi) is 31.3. The van der Waals surface area contributed by atoms with Crippen LogP contribution < -0.4 is 37.9 Å². The number of aryl methyl sites for hydroxylation is 2. The van der Waals surface area contributed by atoms with Crippen molar-refractivity contribution in [2.24, 2.45) is 0 Å². The topological polar surface area (TPSA) is 374 Å². The Morgan fingerprint density at radius 2 is 0.680 bits per heavy atom. The minimum absolute atomic E-state index is 0.0893. The molecule has 0 fully saturated rings. The van der Waals surface area contributed by atoms with Gasteiger partial charge in [0.05, 0.1) is 59.5 Å². The lowest BCUT2D eigenvalue weighted by Crippen LogP contribution is -2.21. The van der Waals surface area contributed by atoms with Crippen molar-refractivity contribution in [3.05, 3.63) is 187 Å². The zero-order chi connectivity index (χ0) is 85.9. The van der Waals surface area contributed by atoms with Crippen molar-refractivity contribution >= 4 is 38.7 Å². The Bertz CT molecular complexity index is 5860. The highest BCUT2D eigenvalue weighted by atomic mass is 16.5. The highest BCUT2D eigenvalue weighted by Crippen LogP contribution is 2.39. The van der Waals surface area contributed by atoms with Gasteiger partial charge >= 0.3 is 5.97 Å². The zero-order valence-corrected chi connectivity index (χ0v) is 70.6. The number of carboxylic acids is 1. The van der Waals surface area contributed by atoms with Gasteiger partial charge in [-0.05, 0) is 278 Å². The van der Waals surface area contributed by atoms with Crippen LogP contribution in [0.1, 0.15) is 108 Å². The van der Waals surface area contributed by atoms with E-state index < -0.39 is 5.97 Å². The number of carbonyl (C=O) groups is 1. The maximum absolute atomic E-state index is 11.0. The number of nitrogens with zero attached hydrogens (tertiary/aromatic N) is 11. The van der Waals surface area contributed by atoms with E-state index in [0.717, 1.165) is 111 Å². The number of carboxylic acid groups (broad SMARTS) is 1. The van der Waals surface area contributed by atoms with Crippen LogP contribution in [0.5, 0.6) is 46.0 Å². The van der Waals surface area contributed by atoms with E-state index in [1.165, 1.54) is 35.2 Å². The molecule has 0 aliphatic carbocycles. The van der Waals surface area contributed by atoms with E-state index in [-0.39, 0.29) is 30.6 Å². The summed E-state index contributed by atoms with van der Waals surface area (Å²) in [5, 5.41) is 47.2. The Labute approximate surface area is 706 Å². The molecular formula is C92H104N14O16. The fourth-order valence-electron chi connectivity index (χ4n) is 13.5. The first kappa shape index (κ1) is 87.9. The number of pyridine rings is 1. The second-order valence-electron chi connectivity index (χ2n) is 28.2. The van der Waals surface area contributed by atoms with Gasteiger partial charge in [-0.2, -0.15) is 19.9 Å². The quantitative estimate of drug-likeness (QED) is 0.0196. The largest absolute Gasteiger partial charge is 0.490 e. The molecule has 30 nitrogen and oxygen atoms in total. The van der Waals surface area contributed by atoms with Crippen LogP contribution in [0.2, 0.25) is 0 Å². The lowest BCUT2D eigenvalue weighted by molar-refractivity contribution is 0.0690. The Hall–Kier alpha value is -13.4. The number of ether oxygens (including phenoxy) is 8. The molecule has 0 aliphatic heterocycles. The molecule has 30 heteroatoms. The number of aromatic amines is 3. The highest BCUT2D eigenvalue weighted by Gasteiger charge is 2.22. The number of likely N-dealkylation sites (N-methyl/N-ethyl adjacent to an activating group) is 1. The van der Waals surface area contributed by atoms with Crippen molar-refractivity contribution in [3.8, 4) is 137 Å². The lowest BCUT2D eigenvalue weighted by Gasteiger charge is -2.14. The number of aromatic carboxylic acids is 1. The Morgan fingerprint density at radius 3 is 1.01 bits per heavy atom. The third kappa shape index (κ3) is 22.5. The van der Waals surface area contributed by atoms with Gasteiger partial charge in [0.1, 0.15) is 5.69 Å². The maximum Gasteiger partial charge on any atom is 0.354 e. The number of aromatic nitrogens is 12. The molecule has 0 atom stereocenters. The molecule has 0 unspecified atom stereocenters. The lowest BCUT2D eigenvalue weighted by atomic mass is 10.0. The molecule has 0 aliphatic rings. The van der Waals surface area contributed by atoms with Crippen molar-refractivity contribution in [2.45, 2.75) is 100 Å². The minimum atomic E-state index is -1.12. The molecule has 7 aromatic carbocycles. The molecule has 8 aromatic heterocycles. The summed E-state index contributed by atoms with van der Waals surface area (Å²) in [6.45, 7) is 22.6. The van der Waals surface area contributed by atoms with Crippen molar-refractivity contribution in [1.29, 1.82) is 0 Å². The average molecular weight is 1660 g/mol. The first-order chi connectivity index (χ1) is 59.6. The van der Waals surface area contributed by atoms with Gasteiger partial charge in [-0.15, -0.1) is 0 Å². The summed E-state index contributed by atoms with van der Waals surface area (Å²) < 4.78 is 67.2. The summed E-state index contributed by atoms with van der Waals surface area (Å²) in [6.07, 6.45) is 13.6. The smallest absolute Gasteiger partial charge is 0.354 e. The number of aliphatic hydroxyl groups is 2. The molecule has 0 saturated heterocycles. The van der Waals surface area contributed by atoms with E-state index in [1.54, 1.807) is 24.3 Å². The van der Waals surface area contributed by atoms with Gasteiger partial charge in [-0.25, -0.2) is 9.78 Å². The highest BCUT2D eigenvalue weighted by molar-refractivity contribution is 5.90. The van der Waals surface area contributed by atoms with Gasteiger partial charge in [0.15, 0.2) is 46.0 Å². The second kappa shape index (κ2) is 43.5. The normalized spacial score (nSPS) is 11.2. The predicted molar refractivity (Wildman–Crippen MR) is 465 cm³/mol. The first-order valence-corrected chi connectivity index (χ1v) is 41.1. The molecule has 0 amide bonds. The Balaban J connectivity index is 0.000000149. The average Bonchev–Trinajstić information content (AvgIpc) is 1.63. The van der Waals surface area contributed by atoms with Gasteiger partial charge in [0.25, 0.3) is 23.6 Å². The summed E-state index contributed by atoms with van der Waals surface area (Å²) in [4.78, 5) is 47.3. The number of H-pyrrole nitrogens is 3. The van der Waals surface area contributed by atoms with Crippen LogP contribution >= 0.6 is 0 Å². The molecule has 0 saturated carbocycles. The summed E-state index contributed by atoms with van der Waals surface area (Å²) in [7, 11) is 6.21. The van der Waals surface area contributed by atoms with E-state index in [9.17, 15) is 4.79 Å². The number of aliphatic hydroxyl groups excluding tert-OH is 2. The number of hydrogen-bond donors (Lipinski definition) is 6. The number of fused-ring (bicyclic) bond motifs is 3. The van der Waals surface area contributed by atoms with Crippen molar-refractivity contribution in [1.82, 2.24) is 70.3 Å². The zero-order valence-electron chi connectivity index (χ0n) is 70.6. The van der Waals surface area contributed by atoms with Gasteiger partial charge in [0.2, 0.25) is 23.3 Å². The second-order valence-corrected chi connectivity index (χ2v) is 28.2. The minimum Gasteiger partial charge on any atom is -0.490 e. The van der Waals surface area contributed by atoms with Crippen LogP contribution in [0.15, 0.2) is 182 Å². The van der Waals surface area contributed by atoms with E-state index in [4.69, 9.17) is 71.3 Å². The summed E-state index contributed by atoms with van der Waals surface area (Å²) in [5.41, 5.74) is 13.0. The number of unbranched alkanes of at least 4 members (excludes halogenated alkanes) is 2. The maximum atomic E-state index is 11.0. The van der Waals surface area contributed by atoms with E-state index in [2.05, 4.69) is 115 Å². The van der Waals surface area contributed by atoms with E-state index >= 15 is 0 Å². The molecule has 0 bridgehead atoms. The van der Waals surface area contributed by atoms with Gasteiger partial charge in [-0.3, -0.25) is 4.90 Å². The predicted octanol–water partition coefficient (Wildman–Crippen LogP) is 18.0. The van der Waals surface area contributed by atoms with Crippen LogP contribution in [0.4, 0.5) is 0 Å². The Morgan fingerprint density at radius 1 is 0.361 bits per heavy atom. The molecule has 15 rings (SSSR count). The molecule has 6 N–H and O–H groups in total. The summed E-state index contributed by atoms with van der Waals surface area (Å²) in [6, 6.07) is 43.6. The first-order valence-electron chi connectivity index (χ1n) is 41.1. The fraction of sp³-hybridized carbons (Fsp3) is 0.326. The molecule has 15 aromatic rings. The molecular weight excluding hydrogens is 1560 g/mol. The van der Waals surface area contributed by atoms with Crippen molar-refractivity contribution < 1.29 is 76.1 Å². The van der Waals surface area contributed by atoms with Crippen LogP contribution in [0.25, 0.3) is 124 Å². The SMILES string of the molecule is CCOc1ccc(-c2nc(-c3ccc4[nH]cc(CCCCN(C)C)c4c3)no2)cc1OCC.CCOc1ccc(-c2nc(-c3ccc4[nH]cc(CCCCO)c4c3)no2)cc1OCC.CCOc1ccc(-c2nc(-c3ccc4[nH]cc(CN(C)CCO)c4c3)no2)cc1OCC.CCOc1ccc(-c2nc(-c3ccnc(C(=O)O)c3)no2)cc1OCC.